The van der Waals surface area contributed by atoms with Gasteiger partial charge in [-0.15, -0.1) is 0 Å². The predicted molar refractivity (Wildman–Crippen MR) is 246 cm³/mol. The number of hydrogen-bond donors (Lipinski definition) is 0. The van der Waals surface area contributed by atoms with Gasteiger partial charge in [0.1, 0.15) is 0 Å². The Morgan fingerprint density at radius 2 is 0.881 bits per heavy atom. The summed E-state index contributed by atoms with van der Waals surface area (Å²) in [6.45, 7) is 16.2. The molecule has 6 aromatic carbocycles. The molecule has 0 saturated carbocycles. The summed E-state index contributed by atoms with van der Waals surface area (Å²) in [5.41, 5.74) is 17.7. The number of imidazole rings is 1. The first-order valence-corrected chi connectivity index (χ1v) is 23.7. The van der Waals surface area contributed by atoms with Crippen molar-refractivity contribution in [1.82, 2.24) is 8.97 Å². The van der Waals surface area contributed by atoms with Gasteiger partial charge in [-0.05, 0) is 0 Å². The fourth-order valence-electron chi connectivity index (χ4n) is 9.00. The number of rotatable bonds is 11. The molecule has 2 aromatic heterocycles. The standard InChI is InChI=1S/C55H54N2.ClH.Pd/c1-37(2)45-33-47(38(3)4)54(48(34-45)39(5)6)51-30-20-29-46-35-56(36-57(46)51)55-49(52(41-21-12-8-13-22-41)42-23-14-9-15-24-42)31-40(7)32-50(55)53(43-25-16-10-17-26-43)44-27-18-11-19-28-44;;/h8-35,37-39,52-53H,1-7H3;1H;/q;;+1/p-1. The Hall–Kier alpha value is -5.04. The van der Waals surface area contributed by atoms with Crippen molar-refractivity contribution in [2.45, 2.75) is 78.1 Å². The molecule has 2 heterocycles. The van der Waals surface area contributed by atoms with Crippen molar-refractivity contribution < 1.29 is 16.5 Å². The van der Waals surface area contributed by atoms with E-state index in [4.69, 9.17) is 9.53 Å². The summed E-state index contributed by atoms with van der Waals surface area (Å²) in [6, 6.07) is 60.6. The Kier molecular flexibility index (Phi) is 12.2. The molecule has 0 spiro atoms. The zero-order chi connectivity index (χ0) is 41.2. The summed E-state index contributed by atoms with van der Waals surface area (Å²) < 4.78 is 6.01. The number of benzene rings is 6. The van der Waals surface area contributed by atoms with Gasteiger partial charge < -0.3 is 0 Å². The van der Waals surface area contributed by atoms with Gasteiger partial charge in [0.15, 0.2) is 0 Å². The number of halogens is 1. The van der Waals surface area contributed by atoms with Crippen molar-refractivity contribution in [3.8, 4) is 16.9 Å². The molecule has 8 aromatic rings. The third-order valence-electron chi connectivity index (χ3n) is 11.8. The van der Waals surface area contributed by atoms with Gasteiger partial charge in [0.2, 0.25) is 0 Å². The van der Waals surface area contributed by atoms with Gasteiger partial charge in [-0.3, -0.25) is 0 Å². The molecule has 0 amide bonds. The van der Waals surface area contributed by atoms with E-state index < -0.39 is 0 Å². The minimum absolute atomic E-state index is 0.0360. The molecule has 0 N–H and O–H groups in total. The minimum atomic E-state index is -0.270. The van der Waals surface area contributed by atoms with Gasteiger partial charge in [0, 0.05) is 0 Å². The molecule has 2 nitrogen and oxygen atoms in total. The van der Waals surface area contributed by atoms with E-state index >= 15 is 0 Å². The van der Waals surface area contributed by atoms with Crippen LogP contribution in [0.3, 0.4) is 0 Å². The van der Waals surface area contributed by atoms with Crippen LogP contribution in [0.4, 0.5) is 0 Å². The maximum atomic E-state index is 7.40. The van der Waals surface area contributed by atoms with Crippen LogP contribution in [-0.4, -0.2) is 8.97 Å². The van der Waals surface area contributed by atoms with Crippen molar-refractivity contribution in [2.24, 2.45) is 0 Å². The summed E-state index contributed by atoms with van der Waals surface area (Å²) in [5.74, 6) is 1.05. The van der Waals surface area contributed by atoms with E-state index in [2.05, 4.69) is 227 Å². The second kappa shape index (κ2) is 17.7. The van der Waals surface area contributed by atoms with E-state index in [1.54, 1.807) is 0 Å². The SMILES string of the molecule is Cc1cc(C(c2ccccc2)c2ccccc2)c(-n2cc3cccc(-c4c(C(C)C)cc(C(C)C)cc4C(C)C)n3[c]2=[Pd][Cl])c(C(c2ccccc2)c2ccccc2)c1. The van der Waals surface area contributed by atoms with Crippen LogP contribution in [-0.2, 0) is 16.5 Å². The second-order valence-electron chi connectivity index (χ2n) is 16.8. The number of fused-ring (bicyclic) bond motifs is 1. The summed E-state index contributed by atoms with van der Waals surface area (Å²) in [7, 11) is 7.40. The molecular weight excluding hydrogens is 830 g/mol. The predicted octanol–water partition coefficient (Wildman–Crippen LogP) is 15.2. The Morgan fingerprint density at radius 3 is 1.25 bits per heavy atom. The van der Waals surface area contributed by atoms with E-state index in [0.717, 1.165) is 9.41 Å². The first kappa shape index (κ1) is 40.7. The Labute approximate surface area is 362 Å². The van der Waals surface area contributed by atoms with Crippen LogP contribution in [0.15, 0.2) is 170 Å². The molecule has 0 atom stereocenters. The summed E-state index contributed by atoms with van der Waals surface area (Å²) >= 11 is -0.270. The third-order valence-corrected chi connectivity index (χ3v) is 13.4. The van der Waals surface area contributed by atoms with Gasteiger partial charge in [0.05, 0.1) is 0 Å². The molecule has 59 heavy (non-hydrogen) atoms. The molecule has 0 fully saturated rings. The first-order valence-electron chi connectivity index (χ1n) is 21.0. The molecule has 0 radical (unpaired) electrons. The topological polar surface area (TPSA) is 9.34 Å². The molecule has 0 saturated heterocycles. The van der Waals surface area contributed by atoms with Gasteiger partial charge in [-0.1, -0.05) is 0 Å². The Morgan fingerprint density at radius 1 is 0.458 bits per heavy atom. The van der Waals surface area contributed by atoms with Gasteiger partial charge >= 0.3 is 365 Å². The van der Waals surface area contributed by atoms with Gasteiger partial charge in [0.25, 0.3) is 0 Å². The van der Waals surface area contributed by atoms with Crippen LogP contribution in [0, 0.1) is 10.8 Å². The average molecular weight is 885 g/mol. The third kappa shape index (κ3) is 8.02. The summed E-state index contributed by atoms with van der Waals surface area (Å²) in [5, 5.41) is 0. The summed E-state index contributed by atoms with van der Waals surface area (Å²) in [4.78, 5) is 0. The van der Waals surface area contributed by atoms with E-state index in [0.29, 0.717) is 17.8 Å². The van der Waals surface area contributed by atoms with Crippen LogP contribution in [0.25, 0.3) is 22.5 Å². The molecule has 8 rings (SSSR count). The zero-order valence-corrected chi connectivity index (χ0v) is 37.5. The monoisotopic (exact) mass is 883 g/mol. The Balaban J connectivity index is 1.53. The van der Waals surface area contributed by atoms with Crippen LogP contribution in [0.5, 0.6) is 0 Å². The Bertz CT molecular complexity index is 2550. The maximum absolute atomic E-state index is 7.40. The fraction of sp³-hybridized carbons (Fsp3) is 0.218. The van der Waals surface area contributed by atoms with Crippen molar-refractivity contribution in [2.75, 3.05) is 0 Å². The van der Waals surface area contributed by atoms with E-state index in [9.17, 15) is 0 Å². The van der Waals surface area contributed by atoms with Crippen LogP contribution >= 0.6 is 9.53 Å². The molecule has 0 unspecified atom stereocenters. The molecule has 301 valence electrons. The number of aryl methyl sites for hydroxylation is 1. The first-order chi connectivity index (χ1) is 28.7. The molecule has 0 bridgehead atoms. The van der Waals surface area contributed by atoms with E-state index in [1.165, 1.54) is 72.6 Å². The van der Waals surface area contributed by atoms with E-state index in [1.807, 2.05) is 0 Å². The number of pyridine rings is 1. The van der Waals surface area contributed by atoms with Crippen molar-refractivity contribution in [1.29, 1.82) is 0 Å². The van der Waals surface area contributed by atoms with Crippen molar-refractivity contribution in [3.63, 3.8) is 0 Å². The molecular formula is C55H54ClN2Pd. The van der Waals surface area contributed by atoms with Crippen LogP contribution in [0.2, 0.25) is 0 Å². The second-order valence-corrected chi connectivity index (χ2v) is 18.5. The number of nitrogens with zero attached hydrogens (tertiary/aromatic N) is 2. The zero-order valence-electron chi connectivity index (χ0n) is 35.1. The van der Waals surface area contributed by atoms with Crippen LogP contribution in [0.1, 0.15) is 127 Å². The number of aromatic nitrogens is 2. The van der Waals surface area contributed by atoms with Crippen LogP contribution < -0.4 is 0 Å². The molecule has 4 heteroatoms. The quantitative estimate of drug-likeness (QED) is 0.0904. The van der Waals surface area contributed by atoms with Crippen molar-refractivity contribution in [3.05, 3.63) is 230 Å². The molecule has 0 aliphatic heterocycles. The van der Waals surface area contributed by atoms with Crippen molar-refractivity contribution >= 4 is 15.0 Å². The van der Waals surface area contributed by atoms with Gasteiger partial charge in [-0.2, -0.15) is 0 Å². The fourth-order valence-corrected chi connectivity index (χ4v) is 10.6. The van der Waals surface area contributed by atoms with Gasteiger partial charge in [-0.25, -0.2) is 0 Å². The number of hydrogen-bond acceptors (Lipinski definition) is 0. The summed E-state index contributed by atoms with van der Waals surface area (Å²) in [6.07, 6.45) is 2.35. The molecule has 0 aliphatic carbocycles. The normalized spacial score (nSPS) is 12.5. The average Bonchev–Trinajstić information content (AvgIpc) is 3.63. The molecule has 0 aliphatic rings. The van der Waals surface area contributed by atoms with E-state index in [-0.39, 0.29) is 28.3 Å².